The van der Waals surface area contributed by atoms with Crippen LogP contribution in [0.15, 0.2) is 24.3 Å². The minimum Gasteiger partial charge on any atom is -0.494 e. The smallest absolute Gasteiger partial charge is 0.411 e. The molecule has 29 heavy (non-hydrogen) atoms. The van der Waals surface area contributed by atoms with Crippen LogP contribution in [0.1, 0.15) is 77.6 Å². The Bertz CT molecular complexity index is 599. The normalized spacial score (nSPS) is 22.8. The lowest BCUT2D eigenvalue weighted by Crippen LogP contribution is -2.49. The van der Waals surface area contributed by atoms with Gasteiger partial charge in [-0.05, 0) is 75.9 Å². The van der Waals surface area contributed by atoms with E-state index < -0.39 is 0 Å². The van der Waals surface area contributed by atoms with E-state index in [2.05, 4.69) is 17.1 Å². The van der Waals surface area contributed by atoms with Gasteiger partial charge in [0.15, 0.2) is 0 Å². The highest BCUT2D eigenvalue weighted by Crippen LogP contribution is 2.28. The van der Waals surface area contributed by atoms with Gasteiger partial charge in [-0.25, -0.2) is 4.79 Å². The van der Waals surface area contributed by atoms with Crippen LogP contribution in [0, 0.1) is 0 Å². The summed E-state index contributed by atoms with van der Waals surface area (Å²) in [6.07, 6.45) is 12.8. The average molecular weight is 403 g/mol. The molecular weight excluding hydrogens is 364 g/mol. The summed E-state index contributed by atoms with van der Waals surface area (Å²) in [6, 6.07) is 7.97. The lowest BCUT2D eigenvalue weighted by Gasteiger charge is -2.41. The number of nitrogens with one attached hydrogen (secondary N) is 1. The number of likely N-dealkylation sites (tertiary alicyclic amines) is 1. The third-order valence-corrected chi connectivity index (χ3v) is 6.15. The van der Waals surface area contributed by atoms with Gasteiger partial charge in [0.25, 0.3) is 0 Å². The minimum atomic E-state index is -0.341. The zero-order chi connectivity index (χ0) is 20.3. The topological polar surface area (TPSA) is 50.8 Å². The first-order valence-electron chi connectivity index (χ1n) is 11.7. The van der Waals surface area contributed by atoms with Crippen molar-refractivity contribution in [2.75, 3.05) is 25.0 Å². The lowest BCUT2D eigenvalue weighted by molar-refractivity contribution is 0.00174. The first-order valence-corrected chi connectivity index (χ1v) is 11.7. The molecule has 0 radical (unpaired) electrons. The van der Waals surface area contributed by atoms with Crippen LogP contribution < -0.4 is 10.1 Å². The fourth-order valence-electron chi connectivity index (χ4n) is 4.52. The standard InChI is InChI=1S/C24H38N2O3/c1-2-3-4-10-19-28-21-15-13-20(14-16-21)25-24(27)29-23-12-7-6-11-22(23)26-17-8-5-9-18-26/h13-16,22-23H,2-12,17-19H2,1H3,(H,25,27)/t22-,23+/m0/s1. The lowest BCUT2D eigenvalue weighted by atomic mass is 9.90. The second-order valence-electron chi connectivity index (χ2n) is 8.45. The number of hydrogen-bond acceptors (Lipinski definition) is 4. The first-order chi connectivity index (χ1) is 14.3. The van der Waals surface area contributed by atoms with Crippen LogP contribution in [0.3, 0.4) is 0 Å². The van der Waals surface area contributed by atoms with Crippen molar-refractivity contribution in [1.82, 2.24) is 4.90 Å². The summed E-state index contributed by atoms with van der Waals surface area (Å²) in [5, 5.41) is 2.89. The maximum absolute atomic E-state index is 12.5. The predicted octanol–water partition coefficient (Wildman–Crippen LogP) is 5.99. The van der Waals surface area contributed by atoms with Gasteiger partial charge in [-0.2, -0.15) is 0 Å². The molecule has 2 aliphatic rings. The molecule has 1 saturated carbocycles. The molecule has 0 spiro atoms. The van der Waals surface area contributed by atoms with Gasteiger partial charge in [0.1, 0.15) is 11.9 Å². The summed E-state index contributed by atoms with van der Waals surface area (Å²) in [5.74, 6) is 0.845. The summed E-state index contributed by atoms with van der Waals surface area (Å²) >= 11 is 0. The molecule has 5 nitrogen and oxygen atoms in total. The first kappa shape index (κ1) is 21.9. The Kier molecular flexibility index (Phi) is 9.13. The number of amides is 1. The van der Waals surface area contributed by atoms with Gasteiger partial charge in [0.2, 0.25) is 0 Å². The van der Waals surface area contributed by atoms with Gasteiger partial charge >= 0.3 is 6.09 Å². The second kappa shape index (κ2) is 12.1. The zero-order valence-corrected chi connectivity index (χ0v) is 18.0. The number of piperidine rings is 1. The molecule has 1 aromatic carbocycles. The van der Waals surface area contributed by atoms with Crippen molar-refractivity contribution in [3.63, 3.8) is 0 Å². The van der Waals surface area contributed by atoms with Gasteiger partial charge in [0.05, 0.1) is 6.61 Å². The van der Waals surface area contributed by atoms with Gasteiger partial charge in [-0.3, -0.25) is 10.2 Å². The van der Waals surface area contributed by atoms with Crippen molar-refractivity contribution >= 4 is 11.8 Å². The van der Waals surface area contributed by atoms with Crippen LogP contribution >= 0.6 is 0 Å². The molecule has 1 aliphatic carbocycles. The highest BCUT2D eigenvalue weighted by atomic mass is 16.6. The number of rotatable bonds is 9. The molecule has 1 aromatic rings. The van der Waals surface area contributed by atoms with E-state index in [9.17, 15) is 4.79 Å². The molecule has 3 rings (SSSR count). The molecule has 1 heterocycles. The van der Waals surface area contributed by atoms with Crippen LogP contribution in [-0.4, -0.2) is 42.8 Å². The Balaban J connectivity index is 1.44. The molecule has 5 heteroatoms. The van der Waals surface area contributed by atoms with E-state index in [1.54, 1.807) is 0 Å². The molecule has 2 fully saturated rings. The van der Waals surface area contributed by atoms with Crippen LogP contribution in [0.5, 0.6) is 5.75 Å². The van der Waals surface area contributed by atoms with E-state index in [4.69, 9.17) is 9.47 Å². The molecule has 2 atom stereocenters. The molecule has 0 aromatic heterocycles. The molecule has 1 aliphatic heterocycles. The number of nitrogens with zero attached hydrogens (tertiary/aromatic N) is 1. The summed E-state index contributed by atoms with van der Waals surface area (Å²) < 4.78 is 11.6. The van der Waals surface area contributed by atoms with E-state index in [1.165, 1.54) is 44.9 Å². The monoisotopic (exact) mass is 402 g/mol. The number of hydrogen-bond donors (Lipinski definition) is 1. The van der Waals surface area contributed by atoms with E-state index in [0.717, 1.165) is 56.8 Å². The van der Waals surface area contributed by atoms with Gasteiger partial charge in [0, 0.05) is 11.7 Å². The van der Waals surface area contributed by atoms with E-state index in [-0.39, 0.29) is 12.2 Å². The maximum atomic E-state index is 12.5. The summed E-state index contributed by atoms with van der Waals surface area (Å²) in [6.45, 7) is 5.24. The summed E-state index contributed by atoms with van der Waals surface area (Å²) in [5.41, 5.74) is 0.749. The SMILES string of the molecule is CCCCCCOc1ccc(NC(=O)O[C@@H]2CCCC[C@@H]2N2CCCCC2)cc1. The Morgan fingerprint density at radius 1 is 1.00 bits per heavy atom. The number of unbranched alkanes of at least 4 members (excludes halogenated alkanes) is 3. The van der Waals surface area contributed by atoms with E-state index in [0.29, 0.717) is 6.04 Å². The van der Waals surface area contributed by atoms with Crippen molar-refractivity contribution in [2.24, 2.45) is 0 Å². The van der Waals surface area contributed by atoms with Crippen molar-refractivity contribution in [3.05, 3.63) is 24.3 Å². The molecule has 0 bridgehead atoms. The predicted molar refractivity (Wildman–Crippen MR) is 118 cm³/mol. The maximum Gasteiger partial charge on any atom is 0.411 e. The number of benzene rings is 1. The van der Waals surface area contributed by atoms with Crippen molar-refractivity contribution < 1.29 is 14.3 Å². The quantitative estimate of drug-likeness (QED) is 0.515. The number of ether oxygens (including phenoxy) is 2. The zero-order valence-electron chi connectivity index (χ0n) is 18.0. The molecule has 1 saturated heterocycles. The fraction of sp³-hybridized carbons (Fsp3) is 0.708. The summed E-state index contributed by atoms with van der Waals surface area (Å²) in [7, 11) is 0. The number of anilines is 1. The van der Waals surface area contributed by atoms with Crippen LogP contribution in [-0.2, 0) is 4.74 Å². The highest BCUT2D eigenvalue weighted by molar-refractivity contribution is 5.84. The number of carbonyl (C=O) groups excluding carboxylic acids is 1. The third kappa shape index (κ3) is 7.22. The molecule has 1 N–H and O–H groups in total. The van der Waals surface area contributed by atoms with Crippen molar-refractivity contribution in [2.45, 2.75) is 89.7 Å². The van der Waals surface area contributed by atoms with E-state index in [1.807, 2.05) is 24.3 Å². The van der Waals surface area contributed by atoms with Crippen LogP contribution in [0.4, 0.5) is 10.5 Å². The van der Waals surface area contributed by atoms with Gasteiger partial charge in [-0.1, -0.05) is 39.0 Å². The molecule has 0 unspecified atom stereocenters. The van der Waals surface area contributed by atoms with Crippen molar-refractivity contribution in [1.29, 1.82) is 0 Å². The third-order valence-electron chi connectivity index (χ3n) is 6.15. The minimum absolute atomic E-state index is 0.00702. The highest BCUT2D eigenvalue weighted by Gasteiger charge is 2.33. The summed E-state index contributed by atoms with van der Waals surface area (Å²) in [4.78, 5) is 15.0. The fourth-order valence-corrected chi connectivity index (χ4v) is 4.52. The Labute approximate surface area is 176 Å². The molecule has 162 valence electrons. The number of carbonyl (C=O) groups is 1. The van der Waals surface area contributed by atoms with Gasteiger partial charge < -0.3 is 9.47 Å². The Morgan fingerprint density at radius 2 is 1.76 bits per heavy atom. The van der Waals surface area contributed by atoms with Crippen LogP contribution in [0.2, 0.25) is 0 Å². The van der Waals surface area contributed by atoms with E-state index >= 15 is 0 Å². The molecular formula is C24H38N2O3. The Hall–Kier alpha value is -1.75. The van der Waals surface area contributed by atoms with Crippen LogP contribution in [0.25, 0.3) is 0 Å². The molecule has 1 amide bonds. The van der Waals surface area contributed by atoms with Crippen molar-refractivity contribution in [3.8, 4) is 5.75 Å². The second-order valence-corrected chi connectivity index (χ2v) is 8.45. The average Bonchev–Trinajstić information content (AvgIpc) is 2.76. The van der Waals surface area contributed by atoms with Gasteiger partial charge in [-0.15, -0.1) is 0 Å². The Morgan fingerprint density at radius 3 is 2.52 bits per heavy atom. The largest absolute Gasteiger partial charge is 0.494 e.